The molecule has 0 aliphatic carbocycles. The average Bonchev–Trinajstić information content (AvgIpc) is 3.33. The number of allylic oxidation sites excluding steroid dienone is 2. The van der Waals surface area contributed by atoms with E-state index in [0.717, 1.165) is 44.9 Å². The molecule has 0 bridgehead atoms. The number of aliphatic hydroxyl groups excluding tert-OH is 2. The van der Waals surface area contributed by atoms with Crippen LogP contribution >= 0.6 is 0 Å². The van der Waals surface area contributed by atoms with Gasteiger partial charge in [-0.25, -0.2) is 0 Å². The monoisotopic (exact) mass is 946 g/mol. The van der Waals surface area contributed by atoms with Crippen LogP contribution in [0.15, 0.2) is 12.2 Å². The number of hydrogen-bond acceptors (Lipinski definition) is 5. The number of amides is 1. The van der Waals surface area contributed by atoms with E-state index in [1.165, 1.54) is 263 Å². The normalized spacial score (nSPS) is 12.6. The predicted molar refractivity (Wildman–Crippen MR) is 292 cm³/mol. The minimum Gasteiger partial charge on any atom is -0.466 e. The lowest BCUT2D eigenvalue weighted by Crippen LogP contribution is -2.45. The maximum Gasteiger partial charge on any atom is 0.305 e. The van der Waals surface area contributed by atoms with Crippen LogP contribution in [-0.4, -0.2) is 47.4 Å². The van der Waals surface area contributed by atoms with Crippen molar-refractivity contribution in [1.82, 2.24) is 5.32 Å². The van der Waals surface area contributed by atoms with E-state index < -0.39 is 12.1 Å². The number of carbonyl (C=O) groups excluding carboxylic acids is 2. The molecule has 0 fully saturated rings. The first-order valence-electron chi connectivity index (χ1n) is 30.4. The van der Waals surface area contributed by atoms with Gasteiger partial charge in [0.05, 0.1) is 25.4 Å². The highest BCUT2D eigenvalue weighted by Crippen LogP contribution is 2.18. The van der Waals surface area contributed by atoms with Crippen molar-refractivity contribution in [2.75, 3.05) is 13.2 Å². The van der Waals surface area contributed by atoms with Crippen molar-refractivity contribution >= 4 is 11.9 Å². The Morgan fingerprint density at radius 2 is 0.701 bits per heavy atom. The molecule has 3 N–H and O–H groups in total. The molecule has 0 radical (unpaired) electrons. The molecule has 2 unspecified atom stereocenters. The average molecular weight is 947 g/mol. The number of esters is 1. The van der Waals surface area contributed by atoms with Crippen LogP contribution in [0.3, 0.4) is 0 Å². The molecule has 0 aromatic carbocycles. The summed E-state index contributed by atoms with van der Waals surface area (Å²) in [6.07, 6.45) is 67.9. The second kappa shape index (κ2) is 57.2. The number of ether oxygens (including phenoxy) is 1. The molecule has 6 nitrogen and oxygen atoms in total. The van der Waals surface area contributed by atoms with Crippen molar-refractivity contribution in [3.8, 4) is 0 Å². The van der Waals surface area contributed by atoms with E-state index in [0.29, 0.717) is 25.9 Å². The van der Waals surface area contributed by atoms with Crippen molar-refractivity contribution in [3.05, 3.63) is 12.2 Å². The molecule has 398 valence electrons. The first kappa shape index (κ1) is 65.6. The van der Waals surface area contributed by atoms with Crippen LogP contribution in [0.4, 0.5) is 0 Å². The number of hydrogen-bond donors (Lipinski definition) is 3. The maximum absolute atomic E-state index is 12.5. The summed E-state index contributed by atoms with van der Waals surface area (Å²) in [5.74, 6) is -0.0261. The van der Waals surface area contributed by atoms with Crippen LogP contribution in [0, 0.1) is 0 Å². The highest BCUT2D eigenvalue weighted by Gasteiger charge is 2.20. The van der Waals surface area contributed by atoms with Crippen LogP contribution in [0.1, 0.15) is 341 Å². The van der Waals surface area contributed by atoms with Crippen molar-refractivity contribution in [3.63, 3.8) is 0 Å². The molecule has 0 aromatic rings. The van der Waals surface area contributed by atoms with Gasteiger partial charge in [-0.05, 0) is 51.4 Å². The Labute approximate surface area is 419 Å². The van der Waals surface area contributed by atoms with E-state index >= 15 is 0 Å². The van der Waals surface area contributed by atoms with E-state index in [-0.39, 0.29) is 18.5 Å². The third-order valence-corrected chi connectivity index (χ3v) is 14.3. The molecule has 0 aromatic heterocycles. The summed E-state index contributed by atoms with van der Waals surface area (Å²) < 4.78 is 5.47. The summed E-state index contributed by atoms with van der Waals surface area (Å²) in [5, 5.41) is 23.3. The van der Waals surface area contributed by atoms with Gasteiger partial charge in [0.2, 0.25) is 5.91 Å². The first-order chi connectivity index (χ1) is 33.0. The molecule has 0 saturated heterocycles. The Bertz CT molecular complexity index is 1000. The molecule has 0 aliphatic heterocycles. The molecule has 67 heavy (non-hydrogen) atoms. The summed E-state index contributed by atoms with van der Waals surface area (Å²) in [5.41, 5.74) is 0. The van der Waals surface area contributed by atoms with Gasteiger partial charge in [-0.1, -0.05) is 289 Å². The Kier molecular flexibility index (Phi) is 56.0. The van der Waals surface area contributed by atoms with E-state index in [9.17, 15) is 19.8 Å². The van der Waals surface area contributed by atoms with Crippen molar-refractivity contribution in [2.24, 2.45) is 0 Å². The number of unbranched alkanes of at least 4 members (excludes halogenated alkanes) is 44. The lowest BCUT2D eigenvalue weighted by molar-refractivity contribution is -0.143. The van der Waals surface area contributed by atoms with E-state index in [1.54, 1.807) is 0 Å². The number of nitrogens with one attached hydrogen (secondary N) is 1. The number of aliphatic hydroxyl groups is 2. The minimum absolute atomic E-state index is 0.00582. The van der Waals surface area contributed by atoms with Crippen LogP contribution < -0.4 is 5.32 Å². The fraction of sp³-hybridized carbons (Fsp3) is 0.934. The summed E-state index contributed by atoms with van der Waals surface area (Å²) in [4.78, 5) is 24.5. The quantitative estimate of drug-likeness (QED) is 0.0321. The van der Waals surface area contributed by atoms with Crippen LogP contribution in [0.5, 0.6) is 0 Å². The fourth-order valence-corrected chi connectivity index (χ4v) is 9.64. The molecule has 0 heterocycles. The smallest absolute Gasteiger partial charge is 0.305 e. The van der Waals surface area contributed by atoms with Gasteiger partial charge in [0.1, 0.15) is 0 Å². The lowest BCUT2D eigenvalue weighted by Gasteiger charge is -2.22. The minimum atomic E-state index is -0.662. The maximum atomic E-state index is 12.5. The highest BCUT2D eigenvalue weighted by molar-refractivity contribution is 5.76. The summed E-state index contributed by atoms with van der Waals surface area (Å²) in [7, 11) is 0. The predicted octanol–water partition coefficient (Wildman–Crippen LogP) is 18.9. The molecule has 2 atom stereocenters. The van der Waals surface area contributed by atoms with E-state index in [2.05, 4.69) is 31.3 Å². The third kappa shape index (κ3) is 53.8. The van der Waals surface area contributed by atoms with Gasteiger partial charge in [-0.2, -0.15) is 0 Å². The molecule has 0 aliphatic rings. The first-order valence-corrected chi connectivity index (χ1v) is 30.4. The molecule has 6 heteroatoms. The Hall–Kier alpha value is -1.40. The fourth-order valence-electron chi connectivity index (χ4n) is 9.64. The number of carbonyl (C=O) groups is 2. The van der Waals surface area contributed by atoms with E-state index in [1.807, 2.05) is 0 Å². The van der Waals surface area contributed by atoms with Gasteiger partial charge in [-0.15, -0.1) is 0 Å². The standard InChI is InChI=1S/C61H119NO5/c1-3-5-7-9-11-13-15-17-30-33-37-41-45-49-53-59(64)58(57-63)62-60(65)54-50-46-42-38-34-31-28-26-24-22-20-18-19-21-23-25-27-29-32-36-40-44-48-52-56-67-61(66)55-51-47-43-39-35-16-14-12-10-8-6-4-2/h12,14,58-59,63-64H,3-11,13,15-57H2,1-2H3,(H,62,65)/b14-12-. The second-order valence-corrected chi connectivity index (χ2v) is 21.0. The van der Waals surface area contributed by atoms with Gasteiger partial charge < -0.3 is 20.3 Å². The zero-order valence-corrected chi connectivity index (χ0v) is 45.4. The van der Waals surface area contributed by atoms with Gasteiger partial charge in [0.15, 0.2) is 0 Å². The Morgan fingerprint density at radius 1 is 0.403 bits per heavy atom. The third-order valence-electron chi connectivity index (χ3n) is 14.3. The van der Waals surface area contributed by atoms with Gasteiger partial charge >= 0.3 is 5.97 Å². The molecular weight excluding hydrogens is 827 g/mol. The molecule has 0 saturated carbocycles. The van der Waals surface area contributed by atoms with Gasteiger partial charge in [0, 0.05) is 12.8 Å². The molecule has 0 rings (SSSR count). The van der Waals surface area contributed by atoms with E-state index in [4.69, 9.17) is 4.74 Å². The second-order valence-electron chi connectivity index (χ2n) is 21.0. The Morgan fingerprint density at radius 3 is 1.09 bits per heavy atom. The molecule has 0 spiro atoms. The Balaban J connectivity index is 3.36. The van der Waals surface area contributed by atoms with Gasteiger partial charge in [-0.3, -0.25) is 9.59 Å². The SMILES string of the molecule is CCCCC/C=C\CCCCCCCC(=O)OCCCCCCCCCCCCCCCCCCCCCCCCCCC(=O)NC(CO)C(O)CCCCCCCCCCCCCCCC. The van der Waals surface area contributed by atoms with Crippen LogP contribution in [0.2, 0.25) is 0 Å². The van der Waals surface area contributed by atoms with Crippen LogP contribution in [0.25, 0.3) is 0 Å². The molecular formula is C61H119NO5. The topological polar surface area (TPSA) is 95.9 Å². The molecule has 1 amide bonds. The summed E-state index contributed by atoms with van der Waals surface area (Å²) >= 11 is 0. The zero-order chi connectivity index (χ0) is 48.6. The van der Waals surface area contributed by atoms with Crippen molar-refractivity contribution in [2.45, 2.75) is 353 Å². The van der Waals surface area contributed by atoms with Crippen molar-refractivity contribution in [1.29, 1.82) is 0 Å². The summed E-state index contributed by atoms with van der Waals surface area (Å²) in [6, 6.07) is -0.539. The largest absolute Gasteiger partial charge is 0.466 e. The van der Waals surface area contributed by atoms with Crippen molar-refractivity contribution < 1.29 is 24.5 Å². The zero-order valence-electron chi connectivity index (χ0n) is 45.4. The van der Waals surface area contributed by atoms with Gasteiger partial charge in [0.25, 0.3) is 0 Å². The lowest BCUT2D eigenvalue weighted by atomic mass is 10.0. The highest BCUT2D eigenvalue weighted by atomic mass is 16.5. The van der Waals surface area contributed by atoms with Crippen LogP contribution in [-0.2, 0) is 14.3 Å². The summed E-state index contributed by atoms with van der Waals surface area (Å²) in [6.45, 7) is 4.95. The number of rotatable bonds is 57.